The molecule has 0 aliphatic heterocycles. The van der Waals surface area contributed by atoms with E-state index >= 15 is 0 Å². The number of carbonyl (C=O) groups excluding carboxylic acids is 1. The van der Waals surface area contributed by atoms with Crippen LogP contribution in [-0.2, 0) is 11.2 Å². The van der Waals surface area contributed by atoms with Crippen LogP contribution in [0.5, 0.6) is 5.75 Å². The highest BCUT2D eigenvalue weighted by Gasteiger charge is 2.09. The summed E-state index contributed by atoms with van der Waals surface area (Å²) in [5, 5.41) is 13.4. The molecule has 0 spiro atoms. The van der Waals surface area contributed by atoms with Crippen LogP contribution in [0.15, 0.2) is 42.5 Å². The minimum absolute atomic E-state index is 0.0201. The van der Waals surface area contributed by atoms with Gasteiger partial charge in [0, 0.05) is 21.4 Å². The van der Waals surface area contributed by atoms with Crippen LogP contribution in [0, 0.1) is 13.7 Å². The molecular formula is C16H15IN2O4. The topological polar surface area (TPSA) is 81.5 Å². The summed E-state index contributed by atoms with van der Waals surface area (Å²) >= 11 is 2.23. The van der Waals surface area contributed by atoms with E-state index < -0.39 is 4.92 Å². The minimum Gasteiger partial charge on any atom is -0.484 e. The second-order valence-electron chi connectivity index (χ2n) is 4.74. The standard InChI is InChI=1S/C16H15IN2O4/c1-2-11-9-12(17)3-8-15(11)18-16(20)10-23-14-6-4-13(5-7-14)19(21)22/h3-9H,2,10H2,1H3,(H,18,20). The van der Waals surface area contributed by atoms with Crippen molar-refractivity contribution >= 4 is 39.9 Å². The van der Waals surface area contributed by atoms with Gasteiger partial charge in [0.2, 0.25) is 0 Å². The normalized spacial score (nSPS) is 10.2. The molecule has 0 aromatic heterocycles. The van der Waals surface area contributed by atoms with Crippen LogP contribution < -0.4 is 10.1 Å². The first-order valence-corrected chi connectivity index (χ1v) is 8.03. The number of rotatable bonds is 6. The quantitative estimate of drug-likeness (QED) is 0.433. The molecule has 0 heterocycles. The molecule has 0 aliphatic rings. The molecule has 0 saturated heterocycles. The van der Waals surface area contributed by atoms with Crippen LogP contribution in [0.2, 0.25) is 0 Å². The number of nitrogens with one attached hydrogen (secondary N) is 1. The van der Waals surface area contributed by atoms with E-state index in [1.54, 1.807) is 0 Å². The Morgan fingerprint density at radius 1 is 1.26 bits per heavy atom. The van der Waals surface area contributed by atoms with E-state index in [1.807, 2.05) is 25.1 Å². The maximum atomic E-state index is 12.0. The Morgan fingerprint density at radius 2 is 1.96 bits per heavy atom. The third kappa shape index (κ3) is 4.92. The summed E-state index contributed by atoms with van der Waals surface area (Å²) in [4.78, 5) is 22.0. The number of halogens is 1. The highest BCUT2D eigenvalue weighted by Crippen LogP contribution is 2.20. The van der Waals surface area contributed by atoms with E-state index in [4.69, 9.17) is 4.74 Å². The third-order valence-electron chi connectivity index (χ3n) is 3.14. The number of nitro groups is 1. The summed E-state index contributed by atoms with van der Waals surface area (Å²) < 4.78 is 6.45. The van der Waals surface area contributed by atoms with E-state index in [9.17, 15) is 14.9 Å². The van der Waals surface area contributed by atoms with Gasteiger partial charge in [-0.1, -0.05) is 6.92 Å². The largest absolute Gasteiger partial charge is 0.484 e. The number of anilines is 1. The number of hydrogen-bond acceptors (Lipinski definition) is 4. The van der Waals surface area contributed by atoms with Crippen molar-refractivity contribution in [3.63, 3.8) is 0 Å². The molecule has 2 rings (SSSR count). The summed E-state index contributed by atoms with van der Waals surface area (Å²) in [6, 6.07) is 11.4. The lowest BCUT2D eigenvalue weighted by molar-refractivity contribution is -0.384. The van der Waals surface area contributed by atoms with Crippen molar-refractivity contribution in [1.82, 2.24) is 0 Å². The number of aryl methyl sites for hydroxylation is 1. The fourth-order valence-corrected chi connectivity index (χ4v) is 2.53. The molecule has 0 radical (unpaired) electrons. The van der Waals surface area contributed by atoms with Crippen LogP contribution in [-0.4, -0.2) is 17.4 Å². The number of benzene rings is 2. The molecule has 0 atom stereocenters. The highest BCUT2D eigenvalue weighted by atomic mass is 127. The van der Waals surface area contributed by atoms with Crippen molar-refractivity contribution in [3.8, 4) is 5.75 Å². The molecule has 7 heteroatoms. The average Bonchev–Trinajstić information content (AvgIpc) is 2.55. The van der Waals surface area contributed by atoms with Gasteiger partial charge in [-0.25, -0.2) is 0 Å². The second-order valence-corrected chi connectivity index (χ2v) is 5.99. The number of non-ortho nitro benzene ring substituents is 1. The molecule has 1 N–H and O–H groups in total. The van der Waals surface area contributed by atoms with Crippen LogP contribution in [0.3, 0.4) is 0 Å². The molecule has 0 bridgehead atoms. The smallest absolute Gasteiger partial charge is 0.269 e. The van der Waals surface area contributed by atoms with Gasteiger partial charge in [-0.2, -0.15) is 0 Å². The maximum Gasteiger partial charge on any atom is 0.269 e. The number of carbonyl (C=O) groups is 1. The van der Waals surface area contributed by atoms with Gasteiger partial charge in [-0.05, 0) is 64.9 Å². The van der Waals surface area contributed by atoms with Gasteiger partial charge in [-0.3, -0.25) is 14.9 Å². The van der Waals surface area contributed by atoms with Crippen molar-refractivity contribution in [2.24, 2.45) is 0 Å². The van der Waals surface area contributed by atoms with Gasteiger partial charge in [0.25, 0.3) is 11.6 Å². The van der Waals surface area contributed by atoms with Crippen LogP contribution in [0.25, 0.3) is 0 Å². The lowest BCUT2D eigenvalue weighted by Crippen LogP contribution is -2.20. The molecule has 1 amide bonds. The first kappa shape index (κ1) is 17.2. The van der Waals surface area contributed by atoms with Crippen molar-refractivity contribution < 1.29 is 14.5 Å². The van der Waals surface area contributed by atoms with E-state index in [-0.39, 0.29) is 18.2 Å². The molecule has 6 nitrogen and oxygen atoms in total. The minimum atomic E-state index is -0.487. The molecule has 0 fully saturated rings. The van der Waals surface area contributed by atoms with E-state index in [0.717, 1.165) is 21.2 Å². The Hall–Kier alpha value is -2.16. The van der Waals surface area contributed by atoms with Crippen LogP contribution >= 0.6 is 22.6 Å². The lowest BCUT2D eigenvalue weighted by atomic mass is 10.1. The van der Waals surface area contributed by atoms with E-state index in [0.29, 0.717) is 5.75 Å². The monoisotopic (exact) mass is 426 g/mol. The van der Waals surface area contributed by atoms with Gasteiger partial charge >= 0.3 is 0 Å². The molecule has 0 saturated carbocycles. The van der Waals surface area contributed by atoms with Gasteiger partial charge in [0.15, 0.2) is 6.61 Å². The maximum absolute atomic E-state index is 12.0. The molecular weight excluding hydrogens is 411 g/mol. The van der Waals surface area contributed by atoms with Crippen LogP contribution in [0.1, 0.15) is 12.5 Å². The average molecular weight is 426 g/mol. The number of nitrogens with zero attached hydrogens (tertiary/aromatic N) is 1. The molecule has 0 aliphatic carbocycles. The molecule has 23 heavy (non-hydrogen) atoms. The summed E-state index contributed by atoms with van der Waals surface area (Å²) in [5.74, 6) is 0.128. The number of nitro benzene ring substituents is 1. The van der Waals surface area contributed by atoms with Gasteiger partial charge in [-0.15, -0.1) is 0 Å². The molecule has 120 valence electrons. The first-order valence-electron chi connectivity index (χ1n) is 6.95. The fourth-order valence-electron chi connectivity index (χ4n) is 1.98. The Bertz CT molecular complexity index is 717. The SMILES string of the molecule is CCc1cc(I)ccc1NC(=O)COc1ccc([N+](=O)[O-])cc1. The zero-order valence-corrected chi connectivity index (χ0v) is 14.6. The van der Waals surface area contributed by atoms with Gasteiger partial charge in [0.1, 0.15) is 5.75 Å². The van der Waals surface area contributed by atoms with Crippen molar-refractivity contribution in [3.05, 3.63) is 61.7 Å². The van der Waals surface area contributed by atoms with Gasteiger partial charge < -0.3 is 10.1 Å². The first-order chi connectivity index (χ1) is 11.0. The van der Waals surface area contributed by atoms with Crippen molar-refractivity contribution in [2.45, 2.75) is 13.3 Å². The summed E-state index contributed by atoms with van der Waals surface area (Å²) in [5.41, 5.74) is 1.80. The predicted molar refractivity (Wildman–Crippen MR) is 95.8 cm³/mol. The highest BCUT2D eigenvalue weighted by molar-refractivity contribution is 14.1. The Labute approximate surface area is 147 Å². The Balaban J connectivity index is 1.94. The lowest BCUT2D eigenvalue weighted by Gasteiger charge is -2.11. The molecule has 0 unspecified atom stereocenters. The summed E-state index contributed by atoms with van der Waals surface area (Å²) in [7, 11) is 0. The number of amides is 1. The summed E-state index contributed by atoms with van der Waals surface area (Å²) in [6.07, 6.45) is 0.815. The zero-order valence-electron chi connectivity index (χ0n) is 12.4. The summed E-state index contributed by atoms with van der Waals surface area (Å²) in [6.45, 7) is 1.86. The fraction of sp³-hybridized carbons (Fsp3) is 0.188. The number of hydrogen-bond donors (Lipinski definition) is 1. The van der Waals surface area contributed by atoms with E-state index in [1.165, 1.54) is 24.3 Å². The van der Waals surface area contributed by atoms with Gasteiger partial charge in [0.05, 0.1) is 4.92 Å². The Kier molecular flexibility index (Phi) is 5.91. The molecule has 2 aromatic carbocycles. The number of ether oxygens (including phenoxy) is 1. The second kappa shape index (κ2) is 7.91. The van der Waals surface area contributed by atoms with Crippen LogP contribution in [0.4, 0.5) is 11.4 Å². The van der Waals surface area contributed by atoms with E-state index in [2.05, 4.69) is 27.9 Å². The third-order valence-corrected chi connectivity index (χ3v) is 3.81. The predicted octanol–water partition coefficient (Wildman–Crippen LogP) is 3.78. The molecule has 2 aromatic rings. The van der Waals surface area contributed by atoms with Crippen molar-refractivity contribution in [2.75, 3.05) is 11.9 Å². The Morgan fingerprint density at radius 3 is 2.57 bits per heavy atom. The van der Waals surface area contributed by atoms with Crippen molar-refractivity contribution in [1.29, 1.82) is 0 Å². The zero-order chi connectivity index (χ0) is 16.8.